The highest BCUT2D eigenvalue weighted by Crippen LogP contribution is 2.29. The number of hydrogen-bond donors (Lipinski definition) is 3. The van der Waals surface area contributed by atoms with E-state index < -0.39 is 22.2 Å². The van der Waals surface area contributed by atoms with Crippen molar-refractivity contribution in [3.8, 4) is 11.5 Å². The van der Waals surface area contributed by atoms with Crippen LogP contribution in [0, 0.1) is 0 Å². The van der Waals surface area contributed by atoms with Gasteiger partial charge in [-0.2, -0.15) is 0 Å². The molecule has 2 aromatic carbocycles. The van der Waals surface area contributed by atoms with E-state index in [1.807, 2.05) is 37.3 Å². The number of thioether (sulfide) groups is 2. The summed E-state index contributed by atoms with van der Waals surface area (Å²) >= 11 is 1.84. The molecule has 3 N–H and O–H groups in total. The van der Waals surface area contributed by atoms with Gasteiger partial charge >= 0.3 is 0 Å². The van der Waals surface area contributed by atoms with Gasteiger partial charge in [-0.3, -0.25) is 29.1 Å². The first-order valence-electron chi connectivity index (χ1n) is 17.4. The Morgan fingerprint density at radius 2 is 1.33 bits per heavy atom. The standard InChI is InChI=1S/C40H46N4O8S2/c1-5-27-10-16-33(42-20-27)35(47)23-51-31-12-6-28(7-13-31)18-37(53-25-45)38(49)44(4)22-30-11-17-34(43-21-30)36(48)24-52-32-14-8-29(9-15-32)19-40(2,54-26-46)39(50)41-3/h6-17,20-21,25-26,35-37,47-48H,5,18-19,22-24H2,1-4H3,(H,41,50). The summed E-state index contributed by atoms with van der Waals surface area (Å²) < 4.78 is 10.6. The molecule has 54 heavy (non-hydrogen) atoms. The van der Waals surface area contributed by atoms with Gasteiger partial charge in [0.2, 0.25) is 11.8 Å². The molecular weight excluding hydrogens is 729 g/mol. The van der Waals surface area contributed by atoms with Crippen molar-refractivity contribution in [1.82, 2.24) is 20.2 Å². The van der Waals surface area contributed by atoms with Gasteiger partial charge in [-0.1, -0.05) is 66.8 Å². The summed E-state index contributed by atoms with van der Waals surface area (Å²) in [7, 11) is 3.19. The molecule has 0 aliphatic carbocycles. The van der Waals surface area contributed by atoms with Crippen molar-refractivity contribution in [3.05, 3.63) is 119 Å². The normalized spacial score (nSPS) is 13.8. The lowest BCUT2D eigenvalue weighted by Gasteiger charge is -2.24. The Hall–Kier alpha value is -4.76. The van der Waals surface area contributed by atoms with Crippen LogP contribution in [0.3, 0.4) is 0 Å². The third kappa shape index (κ3) is 12.1. The van der Waals surface area contributed by atoms with Crippen molar-refractivity contribution >= 4 is 46.6 Å². The van der Waals surface area contributed by atoms with Crippen molar-refractivity contribution in [2.45, 2.75) is 61.9 Å². The highest BCUT2D eigenvalue weighted by Gasteiger charge is 2.33. The number of amides is 2. The topological polar surface area (TPSA) is 168 Å². The van der Waals surface area contributed by atoms with Gasteiger partial charge in [0.15, 0.2) is 11.2 Å². The molecule has 0 bridgehead atoms. The number of carbonyl (C=O) groups excluding carboxylic acids is 4. The number of rotatable bonds is 21. The Bertz CT molecular complexity index is 1810. The molecule has 4 unspecified atom stereocenters. The summed E-state index contributed by atoms with van der Waals surface area (Å²) in [5, 5.41) is 23.1. The van der Waals surface area contributed by atoms with E-state index in [0.717, 1.165) is 52.2 Å². The van der Waals surface area contributed by atoms with Crippen LogP contribution in [0.2, 0.25) is 0 Å². The monoisotopic (exact) mass is 774 g/mol. The molecule has 0 saturated carbocycles. The summed E-state index contributed by atoms with van der Waals surface area (Å²) in [5.74, 6) is 0.616. The molecule has 2 aromatic heterocycles. The summed E-state index contributed by atoms with van der Waals surface area (Å²) in [5.41, 5.74) is 5.79. The van der Waals surface area contributed by atoms with Gasteiger partial charge in [-0.05, 0) is 84.8 Å². The fraction of sp³-hybridized carbons (Fsp3) is 0.350. The summed E-state index contributed by atoms with van der Waals surface area (Å²) in [4.78, 5) is 58.5. The number of carbonyl (C=O) groups is 4. The van der Waals surface area contributed by atoms with Crippen LogP contribution in [0.1, 0.15) is 59.7 Å². The fourth-order valence-corrected chi connectivity index (χ4v) is 6.91. The first-order chi connectivity index (χ1) is 26.0. The predicted octanol–water partition coefficient (Wildman–Crippen LogP) is 4.73. The average Bonchev–Trinajstić information content (AvgIpc) is 3.19. The molecule has 0 fully saturated rings. The van der Waals surface area contributed by atoms with Crippen LogP contribution in [0.4, 0.5) is 0 Å². The fourth-order valence-electron chi connectivity index (χ4n) is 5.52. The molecule has 4 rings (SSSR count). The van der Waals surface area contributed by atoms with Gasteiger partial charge in [0.1, 0.15) is 41.7 Å². The average molecular weight is 775 g/mol. The van der Waals surface area contributed by atoms with E-state index in [2.05, 4.69) is 15.3 Å². The van der Waals surface area contributed by atoms with Crippen LogP contribution in [0.15, 0.2) is 85.2 Å². The molecule has 0 saturated heterocycles. The molecule has 0 spiro atoms. The zero-order valence-electron chi connectivity index (χ0n) is 30.7. The largest absolute Gasteiger partial charge is 0.490 e. The predicted molar refractivity (Wildman–Crippen MR) is 210 cm³/mol. The minimum atomic E-state index is -1.01. The van der Waals surface area contributed by atoms with Gasteiger partial charge in [0, 0.05) is 33.0 Å². The molecule has 286 valence electrons. The molecule has 0 radical (unpaired) electrons. The van der Waals surface area contributed by atoms with Crippen molar-refractivity contribution in [2.24, 2.45) is 0 Å². The van der Waals surface area contributed by atoms with Gasteiger partial charge in [0.05, 0.1) is 16.6 Å². The van der Waals surface area contributed by atoms with E-state index in [1.54, 1.807) is 68.8 Å². The number of aromatic nitrogens is 2. The van der Waals surface area contributed by atoms with Crippen LogP contribution in [0.5, 0.6) is 11.5 Å². The van der Waals surface area contributed by atoms with Crippen LogP contribution in [-0.4, -0.2) is 85.4 Å². The summed E-state index contributed by atoms with van der Waals surface area (Å²) in [6.45, 7) is 3.98. The van der Waals surface area contributed by atoms with Gasteiger partial charge < -0.3 is 29.9 Å². The van der Waals surface area contributed by atoms with Gasteiger partial charge in [-0.15, -0.1) is 0 Å². The highest BCUT2D eigenvalue weighted by atomic mass is 32.2. The molecule has 4 aromatic rings. The summed E-state index contributed by atoms with van der Waals surface area (Å²) in [6.07, 6.45) is 2.98. The van der Waals surface area contributed by atoms with E-state index in [-0.39, 0.29) is 31.6 Å². The van der Waals surface area contributed by atoms with Crippen LogP contribution in [-0.2, 0) is 45.0 Å². The first-order valence-corrected chi connectivity index (χ1v) is 19.2. The number of benzene rings is 2. The highest BCUT2D eigenvalue weighted by molar-refractivity contribution is 8.13. The van der Waals surface area contributed by atoms with Crippen molar-refractivity contribution < 1.29 is 38.9 Å². The smallest absolute Gasteiger partial charge is 0.236 e. The minimum absolute atomic E-state index is 0.0375. The maximum absolute atomic E-state index is 13.4. The van der Waals surface area contributed by atoms with Crippen molar-refractivity contribution in [1.29, 1.82) is 0 Å². The first kappa shape index (κ1) is 42.0. The molecule has 2 heterocycles. The maximum atomic E-state index is 13.4. The molecular formula is C40H46N4O8S2. The minimum Gasteiger partial charge on any atom is -0.490 e. The van der Waals surface area contributed by atoms with Crippen molar-refractivity contribution in [3.63, 3.8) is 0 Å². The number of aryl methyl sites for hydroxylation is 1. The third-order valence-corrected chi connectivity index (χ3v) is 10.5. The van der Waals surface area contributed by atoms with Gasteiger partial charge in [-0.25, -0.2) is 0 Å². The third-order valence-electron chi connectivity index (χ3n) is 8.72. The summed E-state index contributed by atoms with van der Waals surface area (Å²) in [6, 6.07) is 21.4. The molecule has 4 atom stereocenters. The molecule has 14 heteroatoms. The zero-order valence-corrected chi connectivity index (χ0v) is 32.3. The number of ether oxygens (including phenoxy) is 2. The number of nitrogens with zero attached hydrogens (tertiary/aromatic N) is 3. The Balaban J connectivity index is 1.25. The number of aliphatic hydroxyl groups is 2. The lowest BCUT2D eigenvalue weighted by atomic mass is 9.99. The Kier molecular flexibility index (Phi) is 16.0. The van der Waals surface area contributed by atoms with Crippen LogP contribution < -0.4 is 14.8 Å². The second-order valence-corrected chi connectivity index (χ2v) is 15.2. The zero-order chi connectivity index (χ0) is 39.1. The van der Waals surface area contributed by atoms with Crippen LogP contribution >= 0.6 is 23.5 Å². The Labute approximate surface area is 324 Å². The number of pyridine rings is 2. The van der Waals surface area contributed by atoms with E-state index in [1.165, 1.54) is 11.9 Å². The van der Waals surface area contributed by atoms with Gasteiger partial charge in [0.25, 0.3) is 0 Å². The van der Waals surface area contributed by atoms with E-state index in [9.17, 15) is 29.4 Å². The lowest BCUT2D eigenvalue weighted by molar-refractivity contribution is -0.129. The molecule has 12 nitrogen and oxygen atoms in total. The van der Waals surface area contributed by atoms with Crippen molar-refractivity contribution in [2.75, 3.05) is 27.3 Å². The Morgan fingerprint density at radius 1 is 0.815 bits per heavy atom. The van der Waals surface area contributed by atoms with E-state index in [0.29, 0.717) is 47.0 Å². The number of aliphatic hydroxyl groups excluding tert-OH is 2. The number of hydrogen-bond acceptors (Lipinski definition) is 12. The van der Waals surface area contributed by atoms with E-state index in [4.69, 9.17) is 9.47 Å². The Morgan fingerprint density at radius 3 is 1.80 bits per heavy atom. The molecule has 0 aliphatic rings. The number of nitrogens with one attached hydrogen (secondary N) is 1. The lowest BCUT2D eigenvalue weighted by Crippen LogP contribution is -2.42. The maximum Gasteiger partial charge on any atom is 0.236 e. The molecule has 2 amide bonds. The molecule has 0 aliphatic heterocycles. The van der Waals surface area contributed by atoms with Crippen LogP contribution in [0.25, 0.3) is 0 Å². The second kappa shape index (κ2) is 20.6. The second-order valence-electron chi connectivity index (χ2n) is 12.8. The van der Waals surface area contributed by atoms with E-state index >= 15 is 0 Å². The SMILES string of the molecule is CCc1ccc(C(O)COc2ccc(CC(SC=O)C(=O)N(C)Cc3ccc(C(O)COc4ccc(CC(C)(SC=O)C(=O)NC)cc4)nc3)cc2)nc1. The quantitative estimate of drug-likeness (QED) is 0.0998.